The molecule has 1 aromatic carbocycles. The largest absolute Gasteiger partial charge is 0.508 e. The molecule has 1 aliphatic heterocycles. The number of piperidine rings is 1. The number of benzene rings is 1. The van der Waals surface area contributed by atoms with Crippen LogP contribution in [0.4, 0.5) is 0 Å². The highest BCUT2D eigenvalue weighted by Gasteiger charge is 2.13. The molecule has 1 aromatic rings. The summed E-state index contributed by atoms with van der Waals surface area (Å²) in [6.07, 6.45) is 5.16. The Hall–Kier alpha value is -1.35. The van der Waals surface area contributed by atoms with E-state index in [2.05, 4.69) is 4.90 Å². The second kappa shape index (κ2) is 6.71. The van der Waals surface area contributed by atoms with Crippen molar-refractivity contribution in [3.05, 3.63) is 29.3 Å². The van der Waals surface area contributed by atoms with Gasteiger partial charge in [-0.1, -0.05) is 13.3 Å². The van der Waals surface area contributed by atoms with Crippen LogP contribution in [0, 0.1) is 0 Å². The lowest BCUT2D eigenvalue weighted by molar-refractivity contribution is 0.0958. The minimum Gasteiger partial charge on any atom is -0.508 e. The van der Waals surface area contributed by atoms with E-state index in [1.165, 1.54) is 19.3 Å². The second-order valence-electron chi connectivity index (χ2n) is 5.27. The Morgan fingerprint density at radius 3 is 2.68 bits per heavy atom. The number of carbonyl (C=O) groups is 1. The number of phenols is 1. The Morgan fingerprint density at radius 1 is 1.26 bits per heavy atom. The molecular formula is C16H23NO2. The number of aromatic hydroxyl groups is 1. The van der Waals surface area contributed by atoms with Crippen molar-refractivity contribution in [1.82, 2.24) is 4.90 Å². The molecule has 0 atom stereocenters. The Bertz CT molecular complexity index is 436. The molecule has 1 heterocycles. The Kier molecular flexibility index (Phi) is 4.97. The number of aryl methyl sites for hydroxylation is 1. The lowest BCUT2D eigenvalue weighted by atomic mass is 10.0. The van der Waals surface area contributed by atoms with Gasteiger partial charge in [0.15, 0.2) is 5.78 Å². The van der Waals surface area contributed by atoms with Gasteiger partial charge >= 0.3 is 0 Å². The summed E-state index contributed by atoms with van der Waals surface area (Å²) in [5.41, 5.74) is 1.58. The van der Waals surface area contributed by atoms with Crippen molar-refractivity contribution in [3.8, 4) is 5.75 Å². The first kappa shape index (κ1) is 14.1. The molecule has 104 valence electrons. The molecule has 0 bridgehead atoms. The van der Waals surface area contributed by atoms with Crippen molar-refractivity contribution >= 4 is 5.78 Å². The molecule has 1 fully saturated rings. The average Bonchev–Trinajstić information content (AvgIpc) is 2.46. The van der Waals surface area contributed by atoms with Crippen LogP contribution < -0.4 is 0 Å². The fourth-order valence-corrected chi connectivity index (χ4v) is 2.63. The summed E-state index contributed by atoms with van der Waals surface area (Å²) < 4.78 is 0. The summed E-state index contributed by atoms with van der Waals surface area (Å²) in [7, 11) is 0. The monoisotopic (exact) mass is 261 g/mol. The van der Waals surface area contributed by atoms with E-state index in [0.717, 1.165) is 37.2 Å². The number of ketones is 1. The van der Waals surface area contributed by atoms with E-state index in [-0.39, 0.29) is 11.5 Å². The van der Waals surface area contributed by atoms with E-state index >= 15 is 0 Å². The summed E-state index contributed by atoms with van der Waals surface area (Å²) >= 11 is 0. The predicted molar refractivity (Wildman–Crippen MR) is 76.7 cm³/mol. The van der Waals surface area contributed by atoms with Gasteiger partial charge in [0.1, 0.15) is 5.75 Å². The summed E-state index contributed by atoms with van der Waals surface area (Å²) in [5, 5.41) is 9.63. The van der Waals surface area contributed by atoms with Crippen molar-refractivity contribution in [1.29, 1.82) is 0 Å². The quantitative estimate of drug-likeness (QED) is 0.828. The highest BCUT2D eigenvalue weighted by atomic mass is 16.3. The number of hydrogen-bond acceptors (Lipinski definition) is 3. The van der Waals surface area contributed by atoms with Crippen LogP contribution in [0.3, 0.4) is 0 Å². The molecule has 0 amide bonds. The zero-order chi connectivity index (χ0) is 13.7. The zero-order valence-electron chi connectivity index (χ0n) is 11.7. The van der Waals surface area contributed by atoms with Gasteiger partial charge in [-0.15, -0.1) is 0 Å². The Morgan fingerprint density at radius 2 is 2.00 bits per heavy atom. The molecule has 1 saturated heterocycles. The lowest BCUT2D eigenvalue weighted by Gasteiger charge is -2.25. The summed E-state index contributed by atoms with van der Waals surface area (Å²) in [6.45, 7) is 5.10. The van der Waals surface area contributed by atoms with Gasteiger partial charge in [-0.25, -0.2) is 0 Å². The van der Waals surface area contributed by atoms with Crippen LogP contribution in [0.2, 0.25) is 0 Å². The average molecular weight is 261 g/mol. The van der Waals surface area contributed by atoms with Gasteiger partial charge in [0, 0.05) is 18.5 Å². The van der Waals surface area contributed by atoms with Gasteiger partial charge in [-0.2, -0.15) is 0 Å². The molecular weight excluding hydrogens is 238 g/mol. The summed E-state index contributed by atoms with van der Waals surface area (Å²) in [4.78, 5) is 14.5. The summed E-state index contributed by atoms with van der Waals surface area (Å²) in [5.74, 6) is 0.468. The smallest absolute Gasteiger partial charge is 0.164 e. The van der Waals surface area contributed by atoms with Crippen molar-refractivity contribution in [3.63, 3.8) is 0 Å². The van der Waals surface area contributed by atoms with E-state index in [4.69, 9.17) is 0 Å². The SMILES string of the molecule is CCc1cc(C(=O)CCN2CCCCC2)ccc1O. The van der Waals surface area contributed by atoms with Gasteiger partial charge in [0.2, 0.25) is 0 Å². The van der Waals surface area contributed by atoms with E-state index in [1.807, 2.05) is 13.0 Å². The van der Waals surface area contributed by atoms with Crippen LogP contribution in [-0.4, -0.2) is 35.4 Å². The number of Topliss-reactive ketones (excluding diaryl/α,β-unsaturated/α-hetero) is 1. The van der Waals surface area contributed by atoms with Gasteiger partial charge in [0.25, 0.3) is 0 Å². The van der Waals surface area contributed by atoms with Gasteiger partial charge in [0.05, 0.1) is 0 Å². The van der Waals surface area contributed by atoms with E-state index in [1.54, 1.807) is 12.1 Å². The Labute approximate surface area is 115 Å². The van der Waals surface area contributed by atoms with Crippen LogP contribution in [0.1, 0.15) is 48.5 Å². The van der Waals surface area contributed by atoms with Gasteiger partial charge < -0.3 is 10.0 Å². The molecule has 2 rings (SSSR count). The fourth-order valence-electron chi connectivity index (χ4n) is 2.63. The van der Waals surface area contributed by atoms with Crippen LogP contribution in [0.25, 0.3) is 0 Å². The first-order chi connectivity index (χ1) is 9.20. The van der Waals surface area contributed by atoms with Crippen molar-refractivity contribution < 1.29 is 9.90 Å². The third kappa shape index (κ3) is 3.80. The van der Waals surface area contributed by atoms with Crippen LogP contribution >= 0.6 is 0 Å². The van der Waals surface area contributed by atoms with Crippen LogP contribution in [0.5, 0.6) is 5.75 Å². The molecule has 0 unspecified atom stereocenters. The predicted octanol–water partition coefficient (Wildman–Crippen LogP) is 3.01. The molecule has 0 saturated carbocycles. The van der Waals surface area contributed by atoms with Crippen LogP contribution in [-0.2, 0) is 6.42 Å². The maximum absolute atomic E-state index is 12.2. The third-order valence-electron chi connectivity index (χ3n) is 3.89. The van der Waals surface area contributed by atoms with Gasteiger partial charge in [-0.3, -0.25) is 4.79 Å². The third-order valence-corrected chi connectivity index (χ3v) is 3.89. The standard InChI is InChI=1S/C16H23NO2/c1-2-13-12-14(6-7-15(13)18)16(19)8-11-17-9-4-3-5-10-17/h6-7,12,18H,2-5,8-11H2,1H3. The number of carbonyl (C=O) groups excluding carboxylic acids is 1. The maximum Gasteiger partial charge on any atom is 0.164 e. The topological polar surface area (TPSA) is 40.5 Å². The van der Waals surface area contributed by atoms with E-state index in [0.29, 0.717) is 6.42 Å². The molecule has 0 aliphatic carbocycles. The molecule has 3 heteroatoms. The van der Waals surface area contributed by atoms with Gasteiger partial charge in [-0.05, 0) is 56.1 Å². The first-order valence-corrected chi connectivity index (χ1v) is 7.28. The number of rotatable bonds is 5. The lowest BCUT2D eigenvalue weighted by Crippen LogP contribution is -2.31. The maximum atomic E-state index is 12.2. The molecule has 0 spiro atoms. The molecule has 3 nitrogen and oxygen atoms in total. The minimum atomic E-state index is 0.181. The fraction of sp³-hybridized carbons (Fsp3) is 0.562. The number of hydrogen-bond donors (Lipinski definition) is 1. The molecule has 1 N–H and O–H groups in total. The highest BCUT2D eigenvalue weighted by Crippen LogP contribution is 2.20. The molecule has 0 radical (unpaired) electrons. The van der Waals surface area contributed by atoms with E-state index in [9.17, 15) is 9.90 Å². The molecule has 1 aliphatic rings. The van der Waals surface area contributed by atoms with E-state index < -0.39 is 0 Å². The highest BCUT2D eigenvalue weighted by molar-refractivity contribution is 5.96. The number of nitrogens with zero attached hydrogens (tertiary/aromatic N) is 1. The normalized spacial score (nSPS) is 16.5. The molecule has 19 heavy (non-hydrogen) atoms. The number of phenolic OH excluding ortho intramolecular Hbond substituents is 1. The number of likely N-dealkylation sites (tertiary alicyclic amines) is 1. The minimum absolute atomic E-state index is 0.181. The van der Waals surface area contributed by atoms with Crippen molar-refractivity contribution in [2.45, 2.75) is 39.0 Å². The second-order valence-corrected chi connectivity index (χ2v) is 5.27. The summed E-state index contributed by atoms with van der Waals surface area (Å²) in [6, 6.07) is 5.19. The Balaban J connectivity index is 1.92. The first-order valence-electron chi connectivity index (χ1n) is 7.28. The van der Waals surface area contributed by atoms with Crippen molar-refractivity contribution in [2.75, 3.05) is 19.6 Å². The zero-order valence-corrected chi connectivity index (χ0v) is 11.7. The van der Waals surface area contributed by atoms with Crippen LogP contribution in [0.15, 0.2) is 18.2 Å². The molecule has 0 aromatic heterocycles. The van der Waals surface area contributed by atoms with Crippen molar-refractivity contribution in [2.24, 2.45) is 0 Å².